The van der Waals surface area contributed by atoms with E-state index in [4.69, 9.17) is 0 Å². The van der Waals surface area contributed by atoms with Crippen LogP contribution in [0.1, 0.15) is 23.6 Å². The van der Waals surface area contributed by atoms with Crippen molar-refractivity contribution in [3.63, 3.8) is 0 Å². The standard InChI is InChI=1S/C64H45N/c1-64(48-31-15-6-16-32-48)58-39-20-19-34-54(58)56-38-22-40-59(62(56)64)65(63-50(44-23-7-2-8-24-44)36-21-37-51(63)45-25-9-3-10-26-45)49-41-42-53-52-33-17-18-35-55(52)60(46-27-11-4-12-28-46)61(57(53)43-49)47-29-13-5-14-30-47/h2-43H,1H3. The number of hydrogen-bond donors (Lipinski definition) is 0. The molecule has 0 bridgehead atoms. The van der Waals surface area contributed by atoms with Crippen molar-refractivity contribution in [2.45, 2.75) is 12.3 Å². The van der Waals surface area contributed by atoms with E-state index in [1.165, 1.54) is 71.6 Å². The minimum absolute atomic E-state index is 0.459. The summed E-state index contributed by atoms with van der Waals surface area (Å²) in [5, 5.41) is 4.91. The minimum Gasteiger partial charge on any atom is -0.309 e. The molecule has 0 amide bonds. The van der Waals surface area contributed by atoms with Crippen molar-refractivity contribution in [1.29, 1.82) is 0 Å². The largest absolute Gasteiger partial charge is 0.309 e. The fourth-order valence-corrected chi connectivity index (χ4v) is 10.8. The highest BCUT2D eigenvalue weighted by atomic mass is 15.2. The Morgan fingerprint density at radius 2 is 0.769 bits per heavy atom. The molecule has 0 aromatic heterocycles. The fraction of sp³-hybridized carbons (Fsp3) is 0.0312. The molecule has 1 aliphatic rings. The fourth-order valence-electron chi connectivity index (χ4n) is 10.8. The van der Waals surface area contributed by atoms with Gasteiger partial charge in [-0.05, 0) is 108 Å². The van der Waals surface area contributed by atoms with Crippen LogP contribution in [0.3, 0.4) is 0 Å². The molecule has 11 aromatic rings. The van der Waals surface area contributed by atoms with Gasteiger partial charge in [-0.2, -0.15) is 0 Å². The third kappa shape index (κ3) is 6.23. The Balaban J connectivity index is 1.25. The third-order valence-electron chi connectivity index (χ3n) is 13.7. The molecule has 0 saturated carbocycles. The Bertz CT molecular complexity index is 3470. The zero-order valence-corrected chi connectivity index (χ0v) is 36.2. The highest BCUT2D eigenvalue weighted by Crippen LogP contribution is 2.59. The summed E-state index contributed by atoms with van der Waals surface area (Å²) >= 11 is 0. The summed E-state index contributed by atoms with van der Waals surface area (Å²) in [6.07, 6.45) is 0. The molecule has 12 rings (SSSR count). The molecule has 0 heterocycles. The van der Waals surface area contributed by atoms with Crippen LogP contribution in [0.4, 0.5) is 17.1 Å². The maximum absolute atomic E-state index is 2.60. The van der Waals surface area contributed by atoms with Crippen LogP contribution in [0.5, 0.6) is 0 Å². The van der Waals surface area contributed by atoms with Crippen molar-refractivity contribution in [2.24, 2.45) is 0 Å². The third-order valence-corrected chi connectivity index (χ3v) is 13.7. The van der Waals surface area contributed by atoms with Crippen LogP contribution in [-0.2, 0) is 5.41 Å². The zero-order chi connectivity index (χ0) is 43.3. The van der Waals surface area contributed by atoms with Gasteiger partial charge in [0.15, 0.2) is 0 Å². The molecular formula is C64H45N. The molecule has 0 fully saturated rings. The predicted molar refractivity (Wildman–Crippen MR) is 275 cm³/mol. The summed E-state index contributed by atoms with van der Waals surface area (Å²) in [5.41, 5.74) is 18.8. The van der Waals surface area contributed by atoms with Gasteiger partial charge in [-0.3, -0.25) is 0 Å². The van der Waals surface area contributed by atoms with Crippen LogP contribution in [0.2, 0.25) is 0 Å². The van der Waals surface area contributed by atoms with Crippen molar-refractivity contribution in [3.05, 3.63) is 271 Å². The number of benzene rings is 11. The van der Waals surface area contributed by atoms with Gasteiger partial charge >= 0.3 is 0 Å². The van der Waals surface area contributed by atoms with Crippen LogP contribution in [0, 0.1) is 0 Å². The maximum atomic E-state index is 2.60. The van der Waals surface area contributed by atoms with E-state index >= 15 is 0 Å². The molecule has 0 spiro atoms. The first kappa shape index (κ1) is 38.4. The van der Waals surface area contributed by atoms with Crippen molar-refractivity contribution in [1.82, 2.24) is 0 Å². The second kappa shape index (κ2) is 15.8. The number of nitrogens with zero attached hydrogens (tertiary/aromatic N) is 1. The first-order chi connectivity index (χ1) is 32.2. The van der Waals surface area contributed by atoms with Crippen LogP contribution in [0.25, 0.3) is 77.2 Å². The molecule has 0 radical (unpaired) electrons. The monoisotopic (exact) mass is 827 g/mol. The summed E-state index contributed by atoms with van der Waals surface area (Å²) in [6.45, 7) is 2.43. The number of fused-ring (bicyclic) bond motifs is 6. The molecule has 1 nitrogen and oxygen atoms in total. The van der Waals surface area contributed by atoms with Gasteiger partial charge in [0.2, 0.25) is 0 Å². The van der Waals surface area contributed by atoms with E-state index in [0.29, 0.717) is 0 Å². The van der Waals surface area contributed by atoms with Crippen LogP contribution >= 0.6 is 0 Å². The average molecular weight is 828 g/mol. The molecule has 1 aliphatic carbocycles. The summed E-state index contributed by atoms with van der Waals surface area (Å²) in [4.78, 5) is 2.60. The van der Waals surface area contributed by atoms with E-state index < -0.39 is 5.41 Å². The van der Waals surface area contributed by atoms with E-state index in [9.17, 15) is 0 Å². The molecule has 1 unspecified atom stereocenters. The zero-order valence-electron chi connectivity index (χ0n) is 36.2. The summed E-state index contributed by atoms with van der Waals surface area (Å²) < 4.78 is 0. The molecule has 11 aromatic carbocycles. The van der Waals surface area contributed by atoms with Crippen LogP contribution < -0.4 is 4.90 Å². The lowest BCUT2D eigenvalue weighted by Gasteiger charge is -2.36. The molecule has 0 aliphatic heterocycles. The summed E-state index contributed by atoms with van der Waals surface area (Å²) in [7, 11) is 0. The molecule has 1 atom stereocenters. The van der Waals surface area contributed by atoms with E-state index in [1.54, 1.807) is 0 Å². The number of anilines is 3. The van der Waals surface area contributed by atoms with Crippen LogP contribution in [-0.4, -0.2) is 0 Å². The number of rotatable bonds is 8. The Morgan fingerprint density at radius 1 is 0.323 bits per heavy atom. The predicted octanol–water partition coefficient (Wildman–Crippen LogP) is 17.5. The molecular weight excluding hydrogens is 783 g/mol. The van der Waals surface area contributed by atoms with Gasteiger partial charge in [0.25, 0.3) is 0 Å². The molecule has 0 N–H and O–H groups in total. The van der Waals surface area contributed by atoms with Gasteiger partial charge < -0.3 is 4.90 Å². The second-order valence-electron chi connectivity index (χ2n) is 17.3. The van der Waals surface area contributed by atoms with Crippen LogP contribution in [0.15, 0.2) is 255 Å². The summed E-state index contributed by atoms with van der Waals surface area (Å²) in [6, 6.07) is 93.8. The second-order valence-corrected chi connectivity index (χ2v) is 17.3. The van der Waals surface area contributed by atoms with E-state index in [0.717, 1.165) is 39.3 Å². The van der Waals surface area contributed by atoms with Crippen molar-refractivity contribution in [2.75, 3.05) is 4.90 Å². The van der Waals surface area contributed by atoms with Gasteiger partial charge in [-0.25, -0.2) is 0 Å². The Labute approximate surface area is 381 Å². The Kier molecular flexibility index (Phi) is 9.35. The van der Waals surface area contributed by atoms with Gasteiger partial charge in [0.1, 0.15) is 0 Å². The van der Waals surface area contributed by atoms with Gasteiger partial charge in [0.05, 0.1) is 11.4 Å². The van der Waals surface area contributed by atoms with Gasteiger partial charge in [-0.1, -0.05) is 237 Å². The lowest BCUT2D eigenvalue weighted by atomic mass is 9.73. The smallest absolute Gasteiger partial charge is 0.0618 e. The quantitative estimate of drug-likeness (QED) is 0.138. The topological polar surface area (TPSA) is 3.24 Å². The summed E-state index contributed by atoms with van der Waals surface area (Å²) in [5.74, 6) is 0. The normalized spacial score (nSPS) is 14.0. The molecule has 0 saturated heterocycles. The van der Waals surface area contributed by atoms with E-state index in [2.05, 4.69) is 267 Å². The lowest BCUT2D eigenvalue weighted by molar-refractivity contribution is 0.714. The average Bonchev–Trinajstić information content (AvgIpc) is 3.66. The lowest BCUT2D eigenvalue weighted by Crippen LogP contribution is -2.25. The first-order valence-electron chi connectivity index (χ1n) is 22.6. The number of hydrogen-bond acceptors (Lipinski definition) is 1. The molecule has 65 heavy (non-hydrogen) atoms. The maximum Gasteiger partial charge on any atom is 0.0618 e. The van der Waals surface area contributed by atoms with Crippen molar-refractivity contribution in [3.8, 4) is 55.6 Å². The molecule has 1 heteroatoms. The van der Waals surface area contributed by atoms with Crippen molar-refractivity contribution < 1.29 is 0 Å². The van der Waals surface area contributed by atoms with E-state index in [-0.39, 0.29) is 0 Å². The van der Waals surface area contributed by atoms with Crippen molar-refractivity contribution >= 4 is 38.6 Å². The Hall–Kier alpha value is -8.26. The Morgan fingerprint density at radius 3 is 1.38 bits per heavy atom. The molecule has 306 valence electrons. The highest BCUT2D eigenvalue weighted by molar-refractivity contribution is 6.22. The first-order valence-corrected chi connectivity index (χ1v) is 22.6. The number of para-hydroxylation sites is 1. The van der Waals surface area contributed by atoms with Gasteiger partial charge in [-0.15, -0.1) is 0 Å². The van der Waals surface area contributed by atoms with Gasteiger partial charge in [0, 0.05) is 22.2 Å². The van der Waals surface area contributed by atoms with E-state index in [1.807, 2.05) is 0 Å². The minimum atomic E-state index is -0.459. The SMILES string of the molecule is CC1(c2ccccc2)c2ccccc2-c2cccc(N(c3ccc4c(c3)c(-c3ccccc3)c(-c3ccccc3)c3ccccc34)c3c(-c4ccccc4)cccc3-c3ccccc3)c21. The highest BCUT2D eigenvalue weighted by Gasteiger charge is 2.44.